The molecule has 0 amide bonds. The number of aliphatic imine (C=N–C) groups is 1. The summed E-state index contributed by atoms with van der Waals surface area (Å²) in [5, 5.41) is 7.04. The van der Waals surface area contributed by atoms with Crippen LogP contribution in [-0.4, -0.2) is 67.9 Å². The number of hydrogen-bond donors (Lipinski definition) is 2. The van der Waals surface area contributed by atoms with Crippen LogP contribution in [0.1, 0.15) is 44.6 Å². The minimum atomic E-state index is 0.480. The highest BCUT2D eigenvalue weighted by molar-refractivity contribution is 5.80. The molecule has 4 rings (SSSR count). The lowest BCUT2D eigenvalue weighted by Gasteiger charge is -2.34. The molecular weight excluding hydrogens is 378 g/mol. The highest BCUT2D eigenvalue weighted by atomic mass is 16.5. The zero-order chi connectivity index (χ0) is 20.6. The molecule has 0 radical (unpaired) electrons. The van der Waals surface area contributed by atoms with Crippen molar-refractivity contribution in [3.8, 4) is 5.88 Å². The van der Waals surface area contributed by atoms with Crippen LogP contribution in [-0.2, 0) is 11.3 Å². The summed E-state index contributed by atoms with van der Waals surface area (Å²) < 4.78 is 11.3. The maximum absolute atomic E-state index is 5.80. The molecule has 1 saturated carbocycles. The smallest absolute Gasteiger partial charge is 0.213 e. The number of likely N-dealkylation sites (tertiary alicyclic amines) is 1. The van der Waals surface area contributed by atoms with E-state index in [1.807, 2.05) is 18.3 Å². The van der Waals surface area contributed by atoms with Gasteiger partial charge in [0, 0.05) is 51.1 Å². The van der Waals surface area contributed by atoms with Gasteiger partial charge in [0.25, 0.3) is 0 Å². The van der Waals surface area contributed by atoms with Crippen molar-refractivity contribution < 1.29 is 9.47 Å². The number of aromatic nitrogens is 1. The second kappa shape index (κ2) is 11.0. The Morgan fingerprint density at radius 1 is 1.23 bits per heavy atom. The van der Waals surface area contributed by atoms with Crippen LogP contribution in [0.3, 0.4) is 0 Å². The lowest BCUT2D eigenvalue weighted by Crippen LogP contribution is -2.49. The Morgan fingerprint density at radius 3 is 2.83 bits per heavy atom. The quantitative estimate of drug-likeness (QED) is 0.477. The Bertz CT molecular complexity index is 680. The van der Waals surface area contributed by atoms with E-state index in [0.29, 0.717) is 18.5 Å². The SMILES string of the molecule is CCNC(=NCc1ccnc(OCC2CC2)c1)NC1CCN(CC2CCOC2)CC1. The predicted molar refractivity (Wildman–Crippen MR) is 119 cm³/mol. The van der Waals surface area contributed by atoms with Crippen LogP contribution in [0.25, 0.3) is 0 Å². The third kappa shape index (κ3) is 6.84. The van der Waals surface area contributed by atoms with Gasteiger partial charge in [0.2, 0.25) is 5.88 Å². The largest absolute Gasteiger partial charge is 0.477 e. The van der Waals surface area contributed by atoms with Crippen LogP contribution in [0, 0.1) is 11.8 Å². The number of nitrogens with zero attached hydrogens (tertiary/aromatic N) is 3. The fraction of sp³-hybridized carbons (Fsp3) is 0.739. The highest BCUT2D eigenvalue weighted by Gasteiger charge is 2.24. The molecule has 0 bridgehead atoms. The summed E-state index contributed by atoms with van der Waals surface area (Å²) >= 11 is 0. The molecule has 2 saturated heterocycles. The van der Waals surface area contributed by atoms with Gasteiger partial charge >= 0.3 is 0 Å². The summed E-state index contributed by atoms with van der Waals surface area (Å²) in [5.74, 6) is 3.08. The van der Waals surface area contributed by atoms with Crippen molar-refractivity contribution in [2.45, 2.75) is 51.6 Å². The molecule has 3 heterocycles. The molecule has 2 N–H and O–H groups in total. The van der Waals surface area contributed by atoms with Gasteiger partial charge in [0.1, 0.15) is 0 Å². The van der Waals surface area contributed by atoms with Crippen LogP contribution in [0.15, 0.2) is 23.3 Å². The number of ether oxygens (including phenoxy) is 2. The van der Waals surface area contributed by atoms with E-state index in [0.717, 1.165) is 75.7 Å². The van der Waals surface area contributed by atoms with E-state index < -0.39 is 0 Å². The second-order valence-electron chi connectivity index (χ2n) is 8.90. The van der Waals surface area contributed by atoms with E-state index >= 15 is 0 Å². The second-order valence-corrected chi connectivity index (χ2v) is 8.90. The average Bonchev–Trinajstić information content (AvgIpc) is 3.47. The Kier molecular flexibility index (Phi) is 7.81. The summed E-state index contributed by atoms with van der Waals surface area (Å²) in [7, 11) is 0. The van der Waals surface area contributed by atoms with Crippen molar-refractivity contribution in [1.29, 1.82) is 0 Å². The molecule has 1 atom stereocenters. The summed E-state index contributed by atoms with van der Waals surface area (Å²) in [6.07, 6.45) is 7.93. The molecule has 1 unspecified atom stereocenters. The maximum atomic E-state index is 5.80. The van der Waals surface area contributed by atoms with Crippen molar-refractivity contribution in [2.24, 2.45) is 16.8 Å². The van der Waals surface area contributed by atoms with Gasteiger partial charge in [-0.25, -0.2) is 9.98 Å². The van der Waals surface area contributed by atoms with Crippen molar-refractivity contribution in [3.63, 3.8) is 0 Å². The van der Waals surface area contributed by atoms with Gasteiger partial charge in [-0.15, -0.1) is 0 Å². The minimum absolute atomic E-state index is 0.480. The molecule has 1 aromatic rings. The third-order valence-corrected chi connectivity index (χ3v) is 6.20. The van der Waals surface area contributed by atoms with Crippen LogP contribution < -0.4 is 15.4 Å². The fourth-order valence-electron chi connectivity index (χ4n) is 4.15. The van der Waals surface area contributed by atoms with Gasteiger partial charge in [-0.05, 0) is 62.5 Å². The third-order valence-electron chi connectivity index (χ3n) is 6.20. The van der Waals surface area contributed by atoms with E-state index in [2.05, 4.69) is 27.4 Å². The minimum Gasteiger partial charge on any atom is -0.477 e. The van der Waals surface area contributed by atoms with Gasteiger partial charge in [0.15, 0.2) is 5.96 Å². The normalized spacial score (nSPS) is 23.5. The van der Waals surface area contributed by atoms with Crippen molar-refractivity contribution >= 4 is 5.96 Å². The first kappa shape index (κ1) is 21.4. The Hall–Kier alpha value is -1.86. The predicted octanol–water partition coefficient (Wildman–Crippen LogP) is 2.43. The topological polar surface area (TPSA) is 71.0 Å². The first-order chi connectivity index (χ1) is 14.8. The molecule has 0 aromatic carbocycles. The van der Waals surface area contributed by atoms with E-state index in [-0.39, 0.29) is 0 Å². The zero-order valence-corrected chi connectivity index (χ0v) is 18.3. The van der Waals surface area contributed by atoms with Crippen molar-refractivity contribution in [3.05, 3.63) is 23.9 Å². The first-order valence-corrected chi connectivity index (χ1v) is 11.7. The van der Waals surface area contributed by atoms with Gasteiger partial charge in [0.05, 0.1) is 19.8 Å². The molecular formula is C23H37N5O2. The van der Waals surface area contributed by atoms with E-state index in [1.54, 1.807) is 0 Å². The number of nitrogens with one attached hydrogen (secondary N) is 2. The van der Waals surface area contributed by atoms with E-state index in [4.69, 9.17) is 14.5 Å². The lowest BCUT2D eigenvalue weighted by molar-refractivity contribution is 0.150. The standard InChI is InChI=1S/C23H37N5O2/c1-2-24-23(26-14-19-5-9-25-22(13-19)30-17-18-3-4-18)27-21-6-10-28(11-7-21)15-20-8-12-29-16-20/h5,9,13,18,20-21H,2-4,6-8,10-12,14-17H2,1H3,(H2,24,26,27). The summed E-state index contributed by atoms with van der Waals surface area (Å²) in [5.41, 5.74) is 1.13. The number of hydrogen-bond acceptors (Lipinski definition) is 5. The fourth-order valence-corrected chi connectivity index (χ4v) is 4.15. The molecule has 7 nitrogen and oxygen atoms in total. The molecule has 7 heteroatoms. The van der Waals surface area contributed by atoms with Crippen molar-refractivity contribution in [2.75, 3.05) is 46.0 Å². The number of pyridine rings is 1. The monoisotopic (exact) mass is 415 g/mol. The molecule has 166 valence electrons. The first-order valence-electron chi connectivity index (χ1n) is 11.7. The highest BCUT2D eigenvalue weighted by Crippen LogP contribution is 2.29. The molecule has 3 fully saturated rings. The Labute approximate surface area is 180 Å². The van der Waals surface area contributed by atoms with Crippen LogP contribution in [0.4, 0.5) is 0 Å². The lowest BCUT2D eigenvalue weighted by atomic mass is 10.0. The van der Waals surface area contributed by atoms with Crippen LogP contribution in [0.2, 0.25) is 0 Å². The summed E-state index contributed by atoms with van der Waals surface area (Å²) in [4.78, 5) is 11.7. The molecule has 2 aliphatic heterocycles. The molecule has 0 spiro atoms. The molecule has 1 aromatic heterocycles. The Morgan fingerprint density at radius 2 is 2.10 bits per heavy atom. The maximum Gasteiger partial charge on any atom is 0.213 e. The van der Waals surface area contributed by atoms with Gasteiger partial charge in [-0.3, -0.25) is 0 Å². The molecule has 3 aliphatic rings. The average molecular weight is 416 g/mol. The van der Waals surface area contributed by atoms with Crippen molar-refractivity contribution in [1.82, 2.24) is 20.5 Å². The molecule has 30 heavy (non-hydrogen) atoms. The zero-order valence-electron chi connectivity index (χ0n) is 18.3. The van der Waals surface area contributed by atoms with Gasteiger partial charge < -0.3 is 25.0 Å². The summed E-state index contributed by atoms with van der Waals surface area (Å²) in [6, 6.07) is 4.51. The summed E-state index contributed by atoms with van der Waals surface area (Å²) in [6.45, 7) is 9.76. The van der Waals surface area contributed by atoms with E-state index in [9.17, 15) is 0 Å². The van der Waals surface area contributed by atoms with Crippen LogP contribution >= 0.6 is 0 Å². The molecule has 1 aliphatic carbocycles. The number of guanidine groups is 1. The van der Waals surface area contributed by atoms with Crippen LogP contribution in [0.5, 0.6) is 5.88 Å². The number of rotatable bonds is 9. The van der Waals surface area contributed by atoms with Gasteiger partial charge in [-0.1, -0.05) is 0 Å². The number of piperidine rings is 1. The van der Waals surface area contributed by atoms with Gasteiger partial charge in [-0.2, -0.15) is 0 Å². The van der Waals surface area contributed by atoms with E-state index in [1.165, 1.54) is 25.8 Å². The Balaban J connectivity index is 1.24.